The molecule has 0 spiro atoms. The van der Waals surface area contributed by atoms with Gasteiger partial charge in [-0.15, -0.1) is 0 Å². The fourth-order valence-corrected chi connectivity index (χ4v) is 1.95. The highest BCUT2D eigenvalue weighted by Crippen LogP contribution is 2.35. The number of nitrogens with zero attached hydrogens (tertiary/aromatic N) is 1. The fourth-order valence-electron chi connectivity index (χ4n) is 1.19. The summed E-state index contributed by atoms with van der Waals surface area (Å²) in [6.07, 6.45) is 1.46. The summed E-state index contributed by atoms with van der Waals surface area (Å²) >= 11 is 15.0. The van der Waals surface area contributed by atoms with Gasteiger partial charge in [0.15, 0.2) is 0 Å². The number of hydrogen-bond acceptors (Lipinski definition) is 3. The summed E-state index contributed by atoms with van der Waals surface area (Å²) in [6.45, 7) is 0. The molecule has 0 saturated carbocycles. The molecule has 0 bridgehead atoms. The summed E-state index contributed by atoms with van der Waals surface area (Å²) in [4.78, 5) is 4.00. The van der Waals surface area contributed by atoms with Crippen LogP contribution in [0.3, 0.4) is 0 Å². The lowest BCUT2D eigenvalue weighted by atomic mass is 10.3. The average Bonchev–Trinajstić information content (AvgIpc) is 2.28. The third-order valence-electron chi connectivity index (χ3n) is 1.97. The van der Waals surface area contributed by atoms with E-state index in [4.69, 9.17) is 33.7 Å². The van der Waals surface area contributed by atoms with Crippen molar-refractivity contribution in [1.29, 1.82) is 0 Å². The molecule has 0 aliphatic carbocycles. The molecule has 1 aromatic carbocycles. The van der Waals surface area contributed by atoms with Gasteiger partial charge in [-0.25, -0.2) is 4.98 Å². The van der Waals surface area contributed by atoms with Crippen LogP contribution in [0.2, 0.25) is 10.0 Å². The summed E-state index contributed by atoms with van der Waals surface area (Å²) in [5.74, 6) is 0.823. The molecule has 1 aromatic heterocycles. The van der Waals surface area contributed by atoms with Gasteiger partial charge in [-0.3, -0.25) is 0 Å². The van der Waals surface area contributed by atoms with Gasteiger partial charge >= 0.3 is 0 Å². The molecule has 2 rings (SSSR count). The molecule has 1 heterocycles. The van der Waals surface area contributed by atoms with E-state index in [2.05, 4.69) is 20.9 Å². The monoisotopic (exact) mass is 332 g/mol. The molecule has 0 amide bonds. The number of rotatable bonds is 2. The highest BCUT2D eigenvalue weighted by molar-refractivity contribution is 9.10. The van der Waals surface area contributed by atoms with Crippen LogP contribution in [-0.2, 0) is 0 Å². The van der Waals surface area contributed by atoms with Gasteiger partial charge in [0.2, 0.25) is 5.88 Å². The number of halogens is 3. The molecular weight excluding hydrogens is 327 g/mol. The topological polar surface area (TPSA) is 48.1 Å². The number of aromatic nitrogens is 1. The van der Waals surface area contributed by atoms with Crippen LogP contribution in [0.5, 0.6) is 11.6 Å². The van der Waals surface area contributed by atoms with Crippen LogP contribution < -0.4 is 10.5 Å². The van der Waals surface area contributed by atoms with Crippen molar-refractivity contribution in [2.24, 2.45) is 0 Å². The van der Waals surface area contributed by atoms with E-state index in [1.807, 2.05) is 0 Å². The second-order valence-corrected chi connectivity index (χ2v) is 4.84. The Hall–Kier alpha value is -0.970. The predicted molar refractivity (Wildman–Crippen MR) is 72.9 cm³/mol. The summed E-state index contributed by atoms with van der Waals surface area (Å²) in [5, 5.41) is 0.792. The Morgan fingerprint density at radius 3 is 2.76 bits per heavy atom. The summed E-state index contributed by atoms with van der Waals surface area (Å²) in [7, 11) is 0. The second-order valence-electron chi connectivity index (χ2n) is 3.20. The molecular formula is C11H7BrCl2N2O. The number of ether oxygens (including phenoxy) is 1. The number of pyridine rings is 1. The Morgan fingerprint density at radius 1 is 1.29 bits per heavy atom. The van der Waals surface area contributed by atoms with E-state index in [-0.39, 0.29) is 5.88 Å². The van der Waals surface area contributed by atoms with E-state index in [0.29, 0.717) is 26.0 Å². The fraction of sp³-hybridized carbons (Fsp3) is 0. The maximum atomic E-state index is 5.95. The van der Waals surface area contributed by atoms with Gasteiger partial charge < -0.3 is 10.5 Å². The van der Waals surface area contributed by atoms with Crippen molar-refractivity contribution >= 4 is 44.8 Å². The first kappa shape index (κ1) is 12.5. The number of benzene rings is 1. The van der Waals surface area contributed by atoms with Crippen LogP contribution in [0.1, 0.15) is 0 Å². The van der Waals surface area contributed by atoms with E-state index in [9.17, 15) is 0 Å². The number of nitrogen functional groups attached to an aromatic ring is 1. The lowest BCUT2D eigenvalue weighted by Gasteiger charge is -2.09. The molecule has 2 N–H and O–H groups in total. The van der Waals surface area contributed by atoms with Crippen LogP contribution in [0.15, 0.2) is 34.9 Å². The van der Waals surface area contributed by atoms with Gasteiger partial charge in [-0.1, -0.05) is 29.3 Å². The molecule has 6 heteroatoms. The average molecular weight is 334 g/mol. The van der Waals surface area contributed by atoms with Gasteiger partial charge in [0.1, 0.15) is 10.8 Å². The van der Waals surface area contributed by atoms with Gasteiger partial charge in [0, 0.05) is 11.9 Å². The van der Waals surface area contributed by atoms with E-state index >= 15 is 0 Å². The lowest BCUT2D eigenvalue weighted by molar-refractivity contribution is 0.461. The molecule has 2 aromatic rings. The van der Waals surface area contributed by atoms with Crippen molar-refractivity contribution in [3.63, 3.8) is 0 Å². The van der Waals surface area contributed by atoms with E-state index in [1.54, 1.807) is 24.3 Å². The largest absolute Gasteiger partial charge is 0.436 e. The molecule has 0 aliphatic heterocycles. The van der Waals surface area contributed by atoms with Gasteiger partial charge in [-0.05, 0) is 34.1 Å². The first-order valence-electron chi connectivity index (χ1n) is 4.61. The first-order valence-corrected chi connectivity index (χ1v) is 6.15. The zero-order valence-corrected chi connectivity index (χ0v) is 11.6. The molecule has 0 unspecified atom stereocenters. The first-order chi connectivity index (χ1) is 8.08. The van der Waals surface area contributed by atoms with Crippen molar-refractivity contribution in [3.8, 4) is 11.6 Å². The third-order valence-corrected chi connectivity index (χ3v) is 3.30. The Morgan fingerprint density at radius 2 is 2.06 bits per heavy atom. The van der Waals surface area contributed by atoms with Crippen LogP contribution in [0, 0.1) is 0 Å². The Bertz CT molecular complexity index is 563. The molecule has 0 aliphatic rings. The van der Waals surface area contributed by atoms with Crippen molar-refractivity contribution in [1.82, 2.24) is 4.98 Å². The standard InChI is InChI=1S/C11H7BrCl2N2O/c12-10-8(15)2-1-3-9(10)17-11-7(14)4-6(13)5-16-11/h1-5H,15H2. The molecule has 17 heavy (non-hydrogen) atoms. The lowest BCUT2D eigenvalue weighted by Crippen LogP contribution is -1.92. The minimum Gasteiger partial charge on any atom is -0.436 e. The van der Waals surface area contributed by atoms with Gasteiger partial charge in [0.25, 0.3) is 0 Å². The van der Waals surface area contributed by atoms with Crippen molar-refractivity contribution < 1.29 is 4.74 Å². The molecule has 88 valence electrons. The number of hydrogen-bond donors (Lipinski definition) is 1. The van der Waals surface area contributed by atoms with E-state index in [1.165, 1.54) is 6.20 Å². The van der Waals surface area contributed by atoms with Crippen LogP contribution >= 0.6 is 39.1 Å². The van der Waals surface area contributed by atoms with Gasteiger partial charge in [-0.2, -0.15) is 0 Å². The normalized spacial score (nSPS) is 10.3. The minimum atomic E-state index is 0.280. The molecule has 0 radical (unpaired) electrons. The zero-order valence-electron chi connectivity index (χ0n) is 8.45. The molecule has 0 fully saturated rings. The Balaban J connectivity index is 2.35. The van der Waals surface area contributed by atoms with Crippen molar-refractivity contribution in [3.05, 3.63) is 45.0 Å². The van der Waals surface area contributed by atoms with E-state index < -0.39 is 0 Å². The maximum Gasteiger partial charge on any atom is 0.238 e. The van der Waals surface area contributed by atoms with Crippen LogP contribution in [0.25, 0.3) is 0 Å². The summed E-state index contributed by atoms with van der Waals surface area (Å²) in [5.41, 5.74) is 6.31. The zero-order chi connectivity index (χ0) is 12.4. The van der Waals surface area contributed by atoms with Crippen LogP contribution in [0.4, 0.5) is 5.69 Å². The second kappa shape index (κ2) is 5.12. The molecule has 0 atom stereocenters. The van der Waals surface area contributed by atoms with Gasteiger partial charge in [0.05, 0.1) is 9.50 Å². The Labute approximate surface area is 117 Å². The third kappa shape index (κ3) is 2.83. The number of anilines is 1. The van der Waals surface area contributed by atoms with Crippen molar-refractivity contribution in [2.75, 3.05) is 5.73 Å². The SMILES string of the molecule is Nc1cccc(Oc2ncc(Cl)cc2Cl)c1Br. The minimum absolute atomic E-state index is 0.280. The van der Waals surface area contributed by atoms with Crippen LogP contribution in [-0.4, -0.2) is 4.98 Å². The van der Waals surface area contributed by atoms with E-state index in [0.717, 1.165) is 0 Å². The van der Waals surface area contributed by atoms with Crippen molar-refractivity contribution in [2.45, 2.75) is 0 Å². The predicted octanol–water partition coefficient (Wildman–Crippen LogP) is 4.53. The highest BCUT2D eigenvalue weighted by Gasteiger charge is 2.09. The quantitative estimate of drug-likeness (QED) is 0.821. The highest BCUT2D eigenvalue weighted by atomic mass is 79.9. The Kier molecular flexibility index (Phi) is 3.76. The maximum absolute atomic E-state index is 5.95. The smallest absolute Gasteiger partial charge is 0.238 e. The summed E-state index contributed by atoms with van der Waals surface area (Å²) in [6, 6.07) is 6.85. The molecule has 0 saturated heterocycles. The molecule has 3 nitrogen and oxygen atoms in total. The number of nitrogens with two attached hydrogens (primary N) is 1. The summed E-state index contributed by atoms with van der Waals surface area (Å²) < 4.78 is 6.21.